The van der Waals surface area contributed by atoms with Crippen LogP contribution in [0.5, 0.6) is 5.75 Å². The predicted molar refractivity (Wildman–Crippen MR) is 123 cm³/mol. The van der Waals surface area contributed by atoms with Crippen molar-refractivity contribution in [2.45, 2.75) is 6.92 Å². The highest BCUT2D eigenvalue weighted by Gasteiger charge is 2.10. The number of carbonyl (C=O) groups excluding carboxylic acids is 1. The average Bonchev–Trinajstić information content (AvgIpc) is 2.82. The number of ether oxygens (including phenoxy) is 1. The number of para-hydroxylation sites is 2. The third-order valence-electron chi connectivity index (χ3n) is 4.61. The summed E-state index contributed by atoms with van der Waals surface area (Å²) in [7, 11) is 0. The number of amides is 1. The number of benzene rings is 3. The first kappa shape index (κ1) is 21.0. The minimum absolute atomic E-state index is 0.232. The topological polar surface area (TPSA) is 76.1 Å². The number of rotatable bonds is 7. The van der Waals surface area contributed by atoms with E-state index >= 15 is 0 Å². The molecule has 160 valence electrons. The fourth-order valence-electron chi connectivity index (χ4n) is 3.06. The molecule has 7 heteroatoms. The summed E-state index contributed by atoms with van der Waals surface area (Å²) >= 11 is 0. The van der Waals surface area contributed by atoms with Crippen molar-refractivity contribution in [1.82, 2.24) is 9.97 Å². The molecule has 0 aliphatic carbocycles. The van der Waals surface area contributed by atoms with E-state index < -0.39 is 0 Å². The van der Waals surface area contributed by atoms with E-state index in [-0.39, 0.29) is 11.7 Å². The van der Waals surface area contributed by atoms with E-state index in [1.807, 2.05) is 25.1 Å². The Bertz CT molecular complexity index is 1210. The summed E-state index contributed by atoms with van der Waals surface area (Å²) < 4.78 is 18.7. The van der Waals surface area contributed by atoms with Crippen LogP contribution in [-0.4, -0.2) is 22.5 Å². The van der Waals surface area contributed by atoms with Crippen LogP contribution in [0.15, 0.2) is 85.1 Å². The first-order valence-electron chi connectivity index (χ1n) is 10.1. The van der Waals surface area contributed by atoms with Crippen molar-refractivity contribution in [3.63, 3.8) is 0 Å². The zero-order valence-corrected chi connectivity index (χ0v) is 17.4. The maximum Gasteiger partial charge on any atom is 0.255 e. The van der Waals surface area contributed by atoms with Gasteiger partial charge in [0.2, 0.25) is 0 Å². The Kier molecular flexibility index (Phi) is 6.36. The lowest BCUT2D eigenvalue weighted by Gasteiger charge is -2.12. The maximum absolute atomic E-state index is 13.1. The fraction of sp³-hybridized carbons (Fsp3) is 0.0800. The maximum atomic E-state index is 13.1. The summed E-state index contributed by atoms with van der Waals surface area (Å²) in [5, 5.41) is 6.07. The summed E-state index contributed by atoms with van der Waals surface area (Å²) in [6.07, 6.45) is 1.63. The molecule has 0 spiro atoms. The molecule has 0 unspecified atom stereocenters. The number of anilines is 3. The van der Waals surface area contributed by atoms with Gasteiger partial charge in [0.05, 0.1) is 12.3 Å². The lowest BCUT2D eigenvalue weighted by molar-refractivity contribution is 0.102. The van der Waals surface area contributed by atoms with Gasteiger partial charge in [-0.15, -0.1) is 0 Å². The zero-order valence-electron chi connectivity index (χ0n) is 17.4. The second kappa shape index (κ2) is 9.70. The third kappa shape index (κ3) is 5.07. The summed E-state index contributed by atoms with van der Waals surface area (Å²) in [5.74, 6) is 1.15. The number of hydrogen-bond donors (Lipinski definition) is 2. The van der Waals surface area contributed by atoms with Crippen molar-refractivity contribution in [2.24, 2.45) is 0 Å². The molecule has 2 N–H and O–H groups in total. The van der Waals surface area contributed by atoms with Gasteiger partial charge in [-0.05, 0) is 73.7 Å². The van der Waals surface area contributed by atoms with Crippen LogP contribution in [0.25, 0.3) is 11.4 Å². The molecule has 0 aliphatic heterocycles. The molecule has 0 saturated heterocycles. The van der Waals surface area contributed by atoms with E-state index in [0.717, 1.165) is 11.3 Å². The van der Waals surface area contributed by atoms with Crippen LogP contribution >= 0.6 is 0 Å². The third-order valence-corrected chi connectivity index (χ3v) is 4.61. The molecule has 6 nitrogen and oxygen atoms in total. The zero-order chi connectivity index (χ0) is 22.3. The molecule has 3 aromatic carbocycles. The minimum atomic E-state index is -0.312. The highest BCUT2D eigenvalue weighted by molar-refractivity contribution is 6.05. The van der Waals surface area contributed by atoms with Crippen LogP contribution in [0.4, 0.5) is 21.6 Å². The fourth-order valence-corrected chi connectivity index (χ4v) is 3.06. The van der Waals surface area contributed by atoms with Gasteiger partial charge in [-0.25, -0.2) is 14.4 Å². The Labute approximate surface area is 185 Å². The molecule has 0 radical (unpaired) electrons. The van der Waals surface area contributed by atoms with Gasteiger partial charge in [0.15, 0.2) is 5.82 Å². The Morgan fingerprint density at radius 3 is 2.47 bits per heavy atom. The first-order valence-corrected chi connectivity index (χ1v) is 10.1. The Balaban J connectivity index is 1.45. The van der Waals surface area contributed by atoms with Gasteiger partial charge >= 0.3 is 0 Å². The van der Waals surface area contributed by atoms with E-state index in [4.69, 9.17) is 4.74 Å². The number of halogens is 1. The van der Waals surface area contributed by atoms with Crippen LogP contribution in [-0.2, 0) is 0 Å². The highest BCUT2D eigenvalue weighted by atomic mass is 19.1. The van der Waals surface area contributed by atoms with Gasteiger partial charge in [-0.2, -0.15) is 0 Å². The van der Waals surface area contributed by atoms with Crippen molar-refractivity contribution >= 4 is 23.1 Å². The molecular weight excluding hydrogens is 407 g/mol. The largest absolute Gasteiger partial charge is 0.492 e. The highest BCUT2D eigenvalue weighted by Crippen LogP contribution is 2.25. The minimum Gasteiger partial charge on any atom is -0.492 e. The standard InChI is InChI=1S/C25H21FN4O2/c1-2-32-22-6-4-3-5-21(22)29-25(31)18-9-13-20(14-10-18)28-23-15-16-27-24(30-23)17-7-11-19(26)12-8-17/h3-16H,2H2,1H3,(H,29,31)(H,27,28,30). The number of nitrogens with one attached hydrogen (secondary N) is 2. The van der Waals surface area contributed by atoms with E-state index in [9.17, 15) is 9.18 Å². The SMILES string of the molecule is CCOc1ccccc1NC(=O)c1ccc(Nc2ccnc(-c3ccc(F)cc3)n2)cc1. The molecule has 4 aromatic rings. The van der Waals surface area contributed by atoms with Crippen LogP contribution in [0, 0.1) is 5.82 Å². The van der Waals surface area contributed by atoms with Gasteiger partial charge in [-0.1, -0.05) is 12.1 Å². The smallest absolute Gasteiger partial charge is 0.255 e. The van der Waals surface area contributed by atoms with E-state index in [2.05, 4.69) is 20.6 Å². The second-order valence-electron chi connectivity index (χ2n) is 6.86. The molecule has 32 heavy (non-hydrogen) atoms. The van der Waals surface area contributed by atoms with Crippen LogP contribution in [0.2, 0.25) is 0 Å². The average molecular weight is 428 g/mol. The molecule has 1 heterocycles. The number of carbonyl (C=O) groups is 1. The lowest BCUT2D eigenvalue weighted by Crippen LogP contribution is -2.13. The van der Waals surface area contributed by atoms with Crippen molar-refractivity contribution in [2.75, 3.05) is 17.2 Å². The van der Waals surface area contributed by atoms with E-state index in [0.29, 0.717) is 35.2 Å². The lowest BCUT2D eigenvalue weighted by atomic mass is 10.2. The Hall–Kier alpha value is -4.26. The van der Waals surface area contributed by atoms with E-state index in [1.54, 1.807) is 54.7 Å². The molecule has 4 rings (SSSR count). The van der Waals surface area contributed by atoms with Crippen LogP contribution in [0.3, 0.4) is 0 Å². The number of aromatic nitrogens is 2. The van der Waals surface area contributed by atoms with Crippen molar-refractivity contribution in [3.05, 3.63) is 96.4 Å². The molecule has 0 bridgehead atoms. The molecule has 0 aliphatic rings. The molecule has 1 amide bonds. The molecular formula is C25H21FN4O2. The summed E-state index contributed by atoms with van der Waals surface area (Å²) in [5.41, 5.74) is 2.61. The quantitative estimate of drug-likeness (QED) is 0.396. The first-order chi connectivity index (χ1) is 15.6. The van der Waals surface area contributed by atoms with Crippen molar-refractivity contribution in [3.8, 4) is 17.1 Å². The normalized spacial score (nSPS) is 10.4. The van der Waals surface area contributed by atoms with Crippen LogP contribution in [0.1, 0.15) is 17.3 Å². The molecule has 0 fully saturated rings. The van der Waals surface area contributed by atoms with E-state index in [1.165, 1.54) is 12.1 Å². The van der Waals surface area contributed by atoms with Gasteiger partial charge in [0.25, 0.3) is 5.91 Å². The van der Waals surface area contributed by atoms with Crippen LogP contribution < -0.4 is 15.4 Å². The van der Waals surface area contributed by atoms with Gasteiger partial charge < -0.3 is 15.4 Å². The monoisotopic (exact) mass is 428 g/mol. The molecule has 0 atom stereocenters. The van der Waals surface area contributed by atoms with Crippen molar-refractivity contribution < 1.29 is 13.9 Å². The predicted octanol–water partition coefficient (Wildman–Crippen LogP) is 5.68. The summed E-state index contributed by atoms with van der Waals surface area (Å²) in [6, 6.07) is 22.1. The Morgan fingerprint density at radius 2 is 1.72 bits per heavy atom. The van der Waals surface area contributed by atoms with Gasteiger partial charge in [-0.3, -0.25) is 4.79 Å². The Morgan fingerprint density at radius 1 is 0.969 bits per heavy atom. The molecule has 1 aromatic heterocycles. The van der Waals surface area contributed by atoms with Gasteiger partial charge in [0, 0.05) is 23.0 Å². The number of nitrogens with zero attached hydrogens (tertiary/aromatic N) is 2. The summed E-state index contributed by atoms with van der Waals surface area (Å²) in [4.78, 5) is 21.3. The molecule has 0 saturated carbocycles. The van der Waals surface area contributed by atoms with Crippen molar-refractivity contribution in [1.29, 1.82) is 0 Å². The summed E-state index contributed by atoms with van der Waals surface area (Å²) in [6.45, 7) is 2.41. The number of hydrogen-bond acceptors (Lipinski definition) is 5. The second-order valence-corrected chi connectivity index (χ2v) is 6.86. The van der Waals surface area contributed by atoms with Gasteiger partial charge in [0.1, 0.15) is 17.4 Å².